The maximum atomic E-state index is 13.0. The van der Waals surface area contributed by atoms with E-state index in [9.17, 15) is 9.59 Å². The van der Waals surface area contributed by atoms with Crippen molar-refractivity contribution in [3.8, 4) is 0 Å². The number of carbonyl (C=O) groups is 2. The Hall–Kier alpha value is -2.78. The summed E-state index contributed by atoms with van der Waals surface area (Å²) in [5, 5.41) is 12.9. The Balaban J connectivity index is 0.00000129. The van der Waals surface area contributed by atoms with E-state index in [1.54, 1.807) is 24.0 Å². The standard InChI is InChI=1S/C23H34ClN5O2.CH2O2/c1-6-29(19-9-7-18(8-10-19)27(3)4)21-12-17(24)11-20(15(21)2)23(31)25-13-16-14-28(5)26-22(16)30;2-1-3/h11-12,14,18-19H,6-10,13H2,1-5H3,(H,25,31)(H,26,30);1H,(H,2,3). The summed E-state index contributed by atoms with van der Waals surface area (Å²) in [6, 6.07) is 4.76. The Morgan fingerprint density at radius 2 is 1.85 bits per heavy atom. The van der Waals surface area contributed by atoms with Crippen LogP contribution in [0.3, 0.4) is 0 Å². The zero-order valence-electron chi connectivity index (χ0n) is 20.6. The van der Waals surface area contributed by atoms with E-state index in [1.165, 1.54) is 12.8 Å². The minimum atomic E-state index is -0.250. The van der Waals surface area contributed by atoms with E-state index >= 15 is 0 Å². The van der Waals surface area contributed by atoms with Gasteiger partial charge in [0.2, 0.25) is 0 Å². The largest absolute Gasteiger partial charge is 0.483 e. The zero-order chi connectivity index (χ0) is 25.4. The van der Waals surface area contributed by atoms with Crippen molar-refractivity contribution in [2.45, 2.75) is 58.2 Å². The Bertz CT molecular complexity index is 1020. The van der Waals surface area contributed by atoms with Gasteiger partial charge in [-0.25, -0.2) is 0 Å². The van der Waals surface area contributed by atoms with Crippen LogP contribution < -0.4 is 15.8 Å². The predicted octanol–water partition coefficient (Wildman–Crippen LogP) is 3.01. The van der Waals surface area contributed by atoms with Crippen molar-refractivity contribution in [1.29, 1.82) is 0 Å². The van der Waals surface area contributed by atoms with E-state index in [0.29, 0.717) is 28.2 Å². The van der Waals surface area contributed by atoms with Gasteiger partial charge in [-0.15, -0.1) is 0 Å². The number of H-pyrrole nitrogens is 1. The number of hydrogen-bond acceptors (Lipinski definition) is 5. The van der Waals surface area contributed by atoms with Crippen molar-refractivity contribution in [1.82, 2.24) is 20.0 Å². The van der Waals surface area contributed by atoms with Crippen LogP contribution in [0.5, 0.6) is 0 Å². The summed E-state index contributed by atoms with van der Waals surface area (Å²) in [5.41, 5.74) is 2.81. The Morgan fingerprint density at radius 3 is 2.35 bits per heavy atom. The highest BCUT2D eigenvalue weighted by atomic mass is 35.5. The van der Waals surface area contributed by atoms with E-state index in [2.05, 4.69) is 41.2 Å². The average molecular weight is 494 g/mol. The first kappa shape index (κ1) is 27.5. The zero-order valence-corrected chi connectivity index (χ0v) is 21.4. The second kappa shape index (κ2) is 12.6. The summed E-state index contributed by atoms with van der Waals surface area (Å²) in [7, 11) is 6.04. The monoisotopic (exact) mass is 493 g/mol. The van der Waals surface area contributed by atoms with Crippen LogP contribution in [0.1, 0.15) is 54.1 Å². The first-order valence-corrected chi connectivity index (χ1v) is 11.8. The first-order valence-electron chi connectivity index (χ1n) is 11.5. The molecule has 2 aromatic rings. The molecule has 1 amide bonds. The lowest BCUT2D eigenvalue weighted by Gasteiger charge is -2.40. The number of carbonyl (C=O) groups excluding carboxylic acids is 1. The van der Waals surface area contributed by atoms with Gasteiger partial charge in [-0.2, -0.15) is 0 Å². The van der Waals surface area contributed by atoms with Crippen LogP contribution >= 0.6 is 11.6 Å². The Morgan fingerprint density at radius 1 is 1.26 bits per heavy atom. The van der Waals surface area contributed by atoms with Crippen LogP contribution in [0, 0.1) is 6.92 Å². The van der Waals surface area contributed by atoms with Gasteiger partial charge in [0.1, 0.15) is 0 Å². The minimum Gasteiger partial charge on any atom is -0.483 e. The average Bonchev–Trinajstić information content (AvgIpc) is 3.12. The summed E-state index contributed by atoms with van der Waals surface area (Å²) in [6.07, 6.45) is 6.28. The highest BCUT2D eigenvalue weighted by molar-refractivity contribution is 6.31. The van der Waals surface area contributed by atoms with Crippen molar-refractivity contribution in [3.05, 3.63) is 50.4 Å². The predicted molar refractivity (Wildman–Crippen MR) is 135 cm³/mol. The van der Waals surface area contributed by atoms with Crippen LogP contribution in [-0.4, -0.2) is 64.9 Å². The molecule has 0 radical (unpaired) electrons. The third-order valence-electron chi connectivity index (χ3n) is 6.44. The molecule has 9 nitrogen and oxygen atoms in total. The fourth-order valence-electron chi connectivity index (χ4n) is 4.66. The fourth-order valence-corrected chi connectivity index (χ4v) is 4.88. The second-order valence-corrected chi connectivity index (χ2v) is 9.24. The summed E-state index contributed by atoms with van der Waals surface area (Å²) >= 11 is 6.44. The topological polar surface area (TPSA) is 111 Å². The number of halogens is 1. The van der Waals surface area contributed by atoms with Gasteiger partial charge in [-0.05, 0) is 71.3 Å². The maximum absolute atomic E-state index is 13.0. The molecule has 0 bridgehead atoms. The number of aryl methyl sites for hydroxylation is 1. The van der Waals surface area contributed by atoms with Crippen molar-refractivity contribution in [2.75, 3.05) is 25.5 Å². The van der Waals surface area contributed by atoms with Crippen LogP contribution in [-0.2, 0) is 18.4 Å². The number of aromatic amines is 1. The number of aromatic nitrogens is 2. The number of amides is 1. The van der Waals surface area contributed by atoms with Gasteiger partial charge in [0.25, 0.3) is 17.9 Å². The number of hydrogen-bond donors (Lipinski definition) is 3. The lowest BCUT2D eigenvalue weighted by Crippen LogP contribution is -2.42. The maximum Gasteiger partial charge on any atom is 0.290 e. The summed E-state index contributed by atoms with van der Waals surface area (Å²) in [4.78, 5) is 37.9. The van der Waals surface area contributed by atoms with Gasteiger partial charge >= 0.3 is 0 Å². The van der Waals surface area contributed by atoms with Gasteiger partial charge in [0.15, 0.2) is 0 Å². The SMILES string of the molecule is CCN(c1cc(Cl)cc(C(=O)NCc2cn(C)[nH]c2=O)c1C)C1CCC(N(C)C)CC1.O=CO. The number of rotatable bonds is 7. The molecule has 0 saturated heterocycles. The molecule has 0 spiro atoms. The molecular formula is C24H36ClN5O4. The van der Waals surface area contributed by atoms with Crippen LogP contribution in [0.25, 0.3) is 0 Å². The normalized spacial score (nSPS) is 17.6. The molecule has 1 aromatic carbocycles. The fraction of sp³-hybridized carbons (Fsp3) is 0.542. The third-order valence-corrected chi connectivity index (χ3v) is 6.65. The number of benzene rings is 1. The van der Waals surface area contributed by atoms with Crippen LogP contribution in [0.4, 0.5) is 5.69 Å². The van der Waals surface area contributed by atoms with Crippen LogP contribution in [0.2, 0.25) is 5.02 Å². The van der Waals surface area contributed by atoms with E-state index in [1.807, 2.05) is 13.0 Å². The van der Waals surface area contributed by atoms with Gasteiger partial charge < -0.3 is 20.2 Å². The Labute approximate surface area is 205 Å². The minimum absolute atomic E-state index is 0.169. The molecule has 34 heavy (non-hydrogen) atoms. The van der Waals surface area contributed by atoms with Crippen molar-refractivity contribution in [2.24, 2.45) is 7.05 Å². The second-order valence-electron chi connectivity index (χ2n) is 8.80. The molecule has 10 heteroatoms. The quantitative estimate of drug-likeness (QED) is 0.511. The molecule has 1 aromatic heterocycles. The smallest absolute Gasteiger partial charge is 0.290 e. The van der Waals surface area contributed by atoms with E-state index in [0.717, 1.165) is 30.6 Å². The molecule has 3 N–H and O–H groups in total. The number of nitrogens with zero attached hydrogens (tertiary/aromatic N) is 3. The molecule has 1 saturated carbocycles. The van der Waals surface area contributed by atoms with Gasteiger partial charge in [-0.3, -0.25) is 24.2 Å². The number of carboxylic acid groups (broad SMARTS) is 1. The molecule has 0 aliphatic heterocycles. The molecule has 1 aliphatic carbocycles. The Kier molecular flexibility index (Phi) is 10.2. The molecule has 0 unspecified atom stereocenters. The lowest BCUT2D eigenvalue weighted by molar-refractivity contribution is -0.122. The van der Waals surface area contributed by atoms with Crippen LogP contribution in [0.15, 0.2) is 23.1 Å². The highest BCUT2D eigenvalue weighted by Crippen LogP contribution is 2.34. The van der Waals surface area contributed by atoms with Gasteiger partial charge in [0, 0.05) is 48.1 Å². The third kappa shape index (κ3) is 6.87. The lowest BCUT2D eigenvalue weighted by atomic mass is 9.89. The first-order chi connectivity index (χ1) is 16.1. The molecule has 3 rings (SSSR count). The summed E-state index contributed by atoms with van der Waals surface area (Å²) in [5.74, 6) is -0.225. The van der Waals surface area contributed by atoms with Crippen molar-refractivity contribution in [3.63, 3.8) is 0 Å². The number of nitrogens with one attached hydrogen (secondary N) is 2. The molecular weight excluding hydrogens is 458 g/mol. The van der Waals surface area contributed by atoms with Crippen molar-refractivity contribution < 1.29 is 14.7 Å². The van der Waals surface area contributed by atoms with E-state index in [-0.39, 0.29) is 24.5 Å². The van der Waals surface area contributed by atoms with Crippen molar-refractivity contribution >= 4 is 29.7 Å². The number of anilines is 1. The molecule has 0 atom stereocenters. The molecule has 1 fully saturated rings. The van der Waals surface area contributed by atoms with Gasteiger partial charge in [-0.1, -0.05) is 11.6 Å². The summed E-state index contributed by atoms with van der Waals surface area (Å²) < 4.78 is 1.58. The highest BCUT2D eigenvalue weighted by Gasteiger charge is 2.28. The summed E-state index contributed by atoms with van der Waals surface area (Å²) in [6.45, 7) is 4.91. The van der Waals surface area contributed by atoms with Gasteiger partial charge in [0.05, 0.1) is 12.1 Å². The molecule has 1 heterocycles. The molecule has 1 aliphatic rings. The van der Waals surface area contributed by atoms with E-state index < -0.39 is 0 Å². The molecule has 188 valence electrons. The van der Waals surface area contributed by atoms with E-state index in [4.69, 9.17) is 21.5 Å².